The van der Waals surface area contributed by atoms with Crippen LogP contribution in [0.15, 0.2) is 64.4 Å². The molecule has 0 saturated heterocycles. The maximum absolute atomic E-state index is 12.2. The van der Waals surface area contributed by atoms with Gasteiger partial charge in [0.2, 0.25) is 5.91 Å². The molecule has 4 rings (SSSR count). The Bertz CT molecular complexity index is 1110. The van der Waals surface area contributed by atoms with Crippen molar-refractivity contribution in [2.75, 3.05) is 5.75 Å². The van der Waals surface area contributed by atoms with Crippen LogP contribution in [-0.4, -0.2) is 26.8 Å². The number of halogens is 1. The minimum Gasteiger partial charge on any atom is -0.411 e. The molecular formula is C20H17ClN4O2S. The van der Waals surface area contributed by atoms with Gasteiger partial charge in [-0.15, -0.1) is 10.2 Å². The van der Waals surface area contributed by atoms with E-state index in [9.17, 15) is 4.79 Å². The zero-order chi connectivity index (χ0) is 19.5. The highest BCUT2D eigenvalue weighted by Crippen LogP contribution is 2.29. The third-order valence-corrected chi connectivity index (χ3v) is 5.37. The van der Waals surface area contributed by atoms with Crippen LogP contribution in [0.2, 0.25) is 5.02 Å². The van der Waals surface area contributed by atoms with E-state index in [0.29, 0.717) is 16.1 Å². The molecule has 0 saturated carbocycles. The molecule has 0 bridgehead atoms. The van der Waals surface area contributed by atoms with E-state index < -0.39 is 0 Å². The smallest absolute Gasteiger partial charge is 0.277 e. The Morgan fingerprint density at radius 3 is 2.82 bits per heavy atom. The molecule has 1 amide bonds. The molecule has 0 fully saturated rings. The molecule has 0 unspecified atom stereocenters. The number of hydrogen-bond acceptors (Lipinski definition) is 5. The highest BCUT2D eigenvalue weighted by Gasteiger charge is 2.15. The number of fused-ring (bicyclic) bond motifs is 1. The summed E-state index contributed by atoms with van der Waals surface area (Å²) < 4.78 is 5.72. The van der Waals surface area contributed by atoms with Crippen LogP contribution in [0.4, 0.5) is 0 Å². The molecule has 2 aromatic carbocycles. The Morgan fingerprint density at radius 2 is 2.00 bits per heavy atom. The summed E-state index contributed by atoms with van der Waals surface area (Å²) in [6, 6.07) is 15.2. The monoisotopic (exact) mass is 412 g/mol. The topological polar surface area (TPSA) is 83.8 Å². The number of carbonyl (C=O) groups is 1. The molecule has 0 radical (unpaired) electrons. The average Bonchev–Trinajstić information content (AvgIpc) is 3.33. The van der Waals surface area contributed by atoms with Crippen LogP contribution in [0.25, 0.3) is 22.4 Å². The van der Waals surface area contributed by atoms with E-state index in [1.807, 2.05) is 49.5 Å². The molecule has 2 aromatic heterocycles. The molecule has 1 atom stereocenters. The summed E-state index contributed by atoms with van der Waals surface area (Å²) in [4.78, 5) is 15.4. The van der Waals surface area contributed by atoms with Crippen molar-refractivity contribution in [1.82, 2.24) is 20.5 Å². The molecule has 142 valence electrons. The molecule has 6 nitrogen and oxygen atoms in total. The van der Waals surface area contributed by atoms with Crippen LogP contribution in [-0.2, 0) is 4.79 Å². The summed E-state index contributed by atoms with van der Waals surface area (Å²) in [6.45, 7) is 1.92. The second kappa shape index (κ2) is 8.08. The van der Waals surface area contributed by atoms with E-state index in [2.05, 4.69) is 20.5 Å². The first-order chi connectivity index (χ1) is 13.6. The average molecular weight is 413 g/mol. The Labute approximate surface area is 170 Å². The summed E-state index contributed by atoms with van der Waals surface area (Å²) in [5, 5.41) is 13.1. The van der Waals surface area contributed by atoms with Gasteiger partial charge in [-0.05, 0) is 30.7 Å². The van der Waals surface area contributed by atoms with Gasteiger partial charge in [0.05, 0.1) is 17.4 Å². The van der Waals surface area contributed by atoms with Gasteiger partial charge >= 0.3 is 0 Å². The molecule has 2 heterocycles. The van der Waals surface area contributed by atoms with Crippen molar-refractivity contribution in [3.63, 3.8) is 0 Å². The standard InChI is InChI=1S/C20H17ClN4O2S/c1-12(13-6-8-14(21)9-7-13)23-18(26)11-28-20-25-24-19(27-20)16-10-22-17-5-3-2-4-15(16)17/h2-10,12,22H,11H2,1H3,(H,23,26)/t12-/m0/s1. The molecule has 0 spiro atoms. The number of amides is 1. The summed E-state index contributed by atoms with van der Waals surface area (Å²) >= 11 is 7.10. The van der Waals surface area contributed by atoms with Crippen LogP contribution < -0.4 is 5.32 Å². The van der Waals surface area contributed by atoms with Crippen LogP contribution in [0, 0.1) is 0 Å². The molecular weight excluding hydrogens is 396 g/mol. The lowest BCUT2D eigenvalue weighted by Crippen LogP contribution is -2.28. The van der Waals surface area contributed by atoms with Gasteiger partial charge in [0.1, 0.15) is 0 Å². The predicted octanol–water partition coefficient (Wildman–Crippen LogP) is 4.84. The summed E-state index contributed by atoms with van der Waals surface area (Å²) in [5.41, 5.74) is 2.83. The molecule has 0 aliphatic heterocycles. The molecule has 28 heavy (non-hydrogen) atoms. The fraction of sp³-hybridized carbons (Fsp3) is 0.150. The van der Waals surface area contributed by atoms with Crippen molar-refractivity contribution >= 4 is 40.2 Å². The highest BCUT2D eigenvalue weighted by molar-refractivity contribution is 7.99. The second-order valence-electron chi connectivity index (χ2n) is 6.25. The van der Waals surface area contributed by atoms with Gasteiger partial charge in [0.25, 0.3) is 11.1 Å². The van der Waals surface area contributed by atoms with Crippen molar-refractivity contribution < 1.29 is 9.21 Å². The first-order valence-corrected chi connectivity index (χ1v) is 10.0. The normalized spacial score (nSPS) is 12.2. The van der Waals surface area contributed by atoms with Crippen molar-refractivity contribution in [2.45, 2.75) is 18.2 Å². The molecule has 2 N–H and O–H groups in total. The first kappa shape index (κ1) is 18.6. The zero-order valence-electron chi connectivity index (χ0n) is 15.0. The van der Waals surface area contributed by atoms with Crippen molar-refractivity contribution in [2.24, 2.45) is 0 Å². The maximum Gasteiger partial charge on any atom is 0.277 e. The number of thioether (sulfide) groups is 1. The van der Waals surface area contributed by atoms with E-state index in [4.69, 9.17) is 16.0 Å². The number of nitrogens with zero attached hydrogens (tertiary/aromatic N) is 2. The molecule has 8 heteroatoms. The largest absolute Gasteiger partial charge is 0.411 e. The van der Waals surface area contributed by atoms with Crippen molar-refractivity contribution in [1.29, 1.82) is 0 Å². The summed E-state index contributed by atoms with van der Waals surface area (Å²) in [5.74, 6) is 0.502. The molecule has 0 aliphatic carbocycles. The van der Waals surface area contributed by atoms with E-state index in [-0.39, 0.29) is 17.7 Å². The van der Waals surface area contributed by atoms with Crippen molar-refractivity contribution in [3.05, 3.63) is 65.3 Å². The second-order valence-corrected chi connectivity index (χ2v) is 7.61. The van der Waals surface area contributed by atoms with Crippen LogP contribution >= 0.6 is 23.4 Å². The van der Waals surface area contributed by atoms with Gasteiger partial charge in [0.15, 0.2) is 0 Å². The molecule has 4 aromatic rings. The lowest BCUT2D eigenvalue weighted by molar-refractivity contribution is -0.119. The van der Waals surface area contributed by atoms with Crippen LogP contribution in [0.1, 0.15) is 18.5 Å². The van der Waals surface area contributed by atoms with Gasteiger partial charge in [0, 0.05) is 22.1 Å². The Kier molecular flexibility index (Phi) is 5.36. The van der Waals surface area contributed by atoms with E-state index >= 15 is 0 Å². The predicted molar refractivity (Wildman–Crippen MR) is 110 cm³/mol. The molecule has 0 aliphatic rings. The minimum absolute atomic E-state index is 0.112. The Morgan fingerprint density at radius 1 is 1.21 bits per heavy atom. The number of benzene rings is 2. The zero-order valence-corrected chi connectivity index (χ0v) is 16.6. The number of para-hydroxylation sites is 1. The number of aromatic nitrogens is 3. The maximum atomic E-state index is 12.2. The fourth-order valence-corrected chi connectivity index (χ4v) is 3.57. The summed E-state index contributed by atoms with van der Waals surface area (Å²) in [6.07, 6.45) is 1.84. The number of carbonyl (C=O) groups excluding carboxylic acids is 1. The van der Waals surface area contributed by atoms with Gasteiger partial charge in [-0.2, -0.15) is 0 Å². The lowest BCUT2D eigenvalue weighted by Gasteiger charge is -2.13. The minimum atomic E-state index is -0.116. The third kappa shape index (κ3) is 4.05. The van der Waals surface area contributed by atoms with Gasteiger partial charge < -0.3 is 14.7 Å². The number of aromatic amines is 1. The van der Waals surface area contributed by atoms with Gasteiger partial charge in [-0.25, -0.2) is 0 Å². The number of H-pyrrole nitrogens is 1. The van der Waals surface area contributed by atoms with E-state index in [0.717, 1.165) is 22.0 Å². The van der Waals surface area contributed by atoms with Crippen LogP contribution in [0.5, 0.6) is 0 Å². The third-order valence-electron chi connectivity index (χ3n) is 4.30. The Hall–Kier alpha value is -2.77. The fourth-order valence-electron chi connectivity index (χ4n) is 2.87. The summed E-state index contributed by atoms with van der Waals surface area (Å²) in [7, 11) is 0. The number of nitrogens with one attached hydrogen (secondary N) is 2. The number of rotatable bonds is 6. The van der Waals surface area contributed by atoms with E-state index in [1.165, 1.54) is 11.8 Å². The quantitative estimate of drug-likeness (QED) is 0.442. The van der Waals surface area contributed by atoms with Crippen LogP contribution in [0.3, 0.4) is 0 Å². The van der Waals surface area contributed by atoms with E-state index in [1.54, 1.807) is 12.1 Å². The van der Waals surface area contributed by atoms with Gasteiger partial charge in [-0.1, -0.05) is 53.7 Å². The SMILES string of the molecule is C[C@H](NC(=O)CSc1nnc(-c2c[nH]c3ccccc23)o1)c1ccc(Cl)cc1. The van der Waals surface area contributed by atoms with Gasteiger partial charge in [-0.3, -0.25) is 4.79 Å². The number of hydrogen-bond donors (Lipinski definition) is 2. The highest BCUT2D eigenvalue weighted by atomic mass is 35.5. The first-order valence-electron chi connectivity index (χ1n) is 8.68. The lowest BCUT2D eigenvalue weighted by atomic mass is 10.1. The Balaban J connectivity index is 1.36. The van der Waals surface area contributed by atoms with Crippen molar-refractivity contribution in [3.8, 4) is 11.5 Å².